The first-order valence-electron chi connectivity index (χ1n) is 21.3. The zero-order valence-electron chi connectivity index (χ0n) is 39.0. The summed E-state index contributed by atoms with van der Waals surface area (Å²) in [5.74, 6) is -16.5. The summed E-state index contributed by atoms with van der Waals surface area (Å²) in [5, 5.41) is 0. The minimum absolute atomic E-state index is 0.171. The molecular formula is C41H69F15O5Si3. The van der Waals surface area contributed by atoms with E-state index in [2.05, 4.69) is 6.58 Å². The lowest BCUT2D eigenvalue weighted by molar-refractivity contribution is -0.283. The molecule has 0 aliphatic heterocycles. The van der Waals surface area contributed by atoms with Crippen molar-refractivity contribution in [3.05, 3.63) is 24.8 Å². The zero-order chi connectivity index (χ0) is 50.9. The lowest BCUT2D eigenvalue weighted by Gasteiger charge is -2.48. The topological polar surface area (TPSA) is 54.0 Å². The van der Waals surface area contributed by atoms with E-state index < -0.39 is 163 Å². The maximum atomic E-state index is 14.7. The fourth-order valence-corrected chi connectivity index (χ4v) is 22.3. The fraction of sp³-hybridized carbons (Fsp3) is 0.878. The Hall–Kier alpha value is -1.57. The molecule has 64 heavy (non-hydrogen) atoms. The molecule has 0 aromatic carbocycles. The Labute approximate surface area is 372 Å². The fourth-order valence-electron chi connectivity index (χ4n) is 8.42. The predicted octanol–water partition coefficient (Wildman–Crippen LogP) is 15.9. The number of methoxy groups -OCH3 is 1. The van der Waals surface area contributed by atoms with E-state index in [-0.39, 0.29) is 6.42 Å². The van der Waals surface area contributed by atoms with Gasteiger partial charge in [-0.1, -0.05) is 89.2 Å². The van der Waals surface area contributed by atoms with Crippen molar-refractivity contribution in [3.63, 3.8) is 0 Å². The average molecular weight is 1010 g/mol. The molecule has 0 rings (SSSR count). The Morgan fingerprint density at radius 3 is 1.08 bits per heavy atom. The number of halogens is 15. The van der Waals surface area contributed by atoms with Crippen LogP contribution in [0, 0.1) is 0 Å². The SMILES string of the molecule is C=CC[C@@H](C[C@@H](O[Si](CCC(F)(F)C(F)(F)F)(C(C)C)C(C)C)[C@@H](/C=C/C(=O)OC)O[Si](CCC(F)(F)C(F)(F)F)(C(C)C)C(C)C)O[Si](CCC(F)(F)C(F)(F)F)(C(C)C)C(C)C. The predicted molar refractivity (Wildman–Crippen MR) is 224 cm³/mol. The second-order valence-corrected chi connectivity index (χ2v) is 33.4. The summed E-state index contributed by atoms with van der Waals surface area (Å²) in [6, 6.07) is -2.37. The molecule has 0 saturated heterocycles. The van der Waals surface area contributed by atoms with E-state index >= 15 is 0 Å². The van der Waals surface area contributed by atoms with Gasteiger partial charge in [-0.05, 0) is 63.9 Å². The molecule has 5 nitrogen and oxygen atoms in total. The monoisotopic (exact) mass is 1010 g/mol. The molecule has 0 N–H and O–H groups in total. The van der Waals surface area contributed by atoms with Gasteiger partial charge >= 0.3 is 42.3 Å². The highest BCUT2D eigenvalue weighted by Gasteiger charge is 2.62. The van der Waals surface area contributed by atoms with E-state index in [0.717, 1.165) is 19.3 Å². The van der Waals surface area contributed by atoms with Crippen LogP contribution in [0.15, 0.2) is 24.8 Å². The highest BCUT2D eigenvalue weighted by atomic mass is 28.4. The van der Waals surface area contributed by atoms with Gasteiger partial charge in [0.2, 0.25) is 0 Å². The van der Waals surface area contributed by atoms with Gasteiger partial charge in [0, 0.05) is 31.8 Å². The molecule has 0 spiro atoms. The summed E-state index contributed by atoms with van der Waals surface area (Å²) < 4.78 is 235. The van der Waals surface area contributed by atoms with Gasteiger partial charge in [0.15, 0.2) is 25.0 Å². The zero-order valence-corrected chi connectivity index (χ0v) is 42.0. The van der Waals surface area contributed by atoms with E-state index in [1.165, 1.54) is 61.5 Å². The lowest BCUT2D eigenvalue weighted by Crippen LogP contribution is -2.56. The number of hydrogen-bond acceptors (Lipinski definition) is 5. The van der Waals surface area contributed by atoms with E-state index in [1.54, 1.807) is 27.7 Å². The first-order chi connectivity index (χ1) is 28.6. The van der Waals surface area contributed by atoms with Crippen molar-refractivity contribution >= 4 is 30.9 Å². The van der Waals surface area contributed by atoms with E-state index in [1.807, 2.05) is 0 Å². The van der Waals surface area contributed by atoms with Crippen molar-refractivity contribution in [2.24, 2.45) is 0 Å². The van der Waals surface area contributed by atoms with Crippen molar-refractivity contribution in [3.8, 4) is 0 Å². The van der Waals surface area contributed by atoms with Crippen LogP contribution < -0.4 is 0 Å². The van der Waals surface area contributed by atoms with Gasteiger partial charge < -0.3 is 18.0 Å². The minimum atomic E-state index is -5.96. The summed E-state index contributed by atoms with van der Waals surface area (Å²) >= 11 is 0. The second kappa shape index (κ2) is 23.6. The van der Waals surface area contributed by atoms with Gasteiger partial charge in [0.1, 0.15) is 0 Å². The van der Waals surface area contributed by atoms with Crippen LogP contribution in [0.1, 0.15) is 115 Å². The summed E-state index contributed by atoms with van der Waals surface area (Å²) in [4.78, 5) is 12.7. The number of esters is 1. The summed E-state index contributed by atoms with van der Waals surface area (Å²) in [6.07, 6.45) is -24.8. The van der Waals surface area contributed by atoms with Crippen LogP contribution in [0.3, 0.4) is 0 Å². The maximum absolute atomic E-state index is 14.7. The van der Waals surface area contributed by atoms with Crippen LogP contribution in [-0.4, -0.2) is 92.6 Å². The molecule has 0 fully saturated rings. The molecule has 23 heteroatoms. The number of rotatable bonds is 28. The van der Waals surface area contributed by atoms with Crippen molar-refractivity contribution in [2.75, 3.05) is 7.11 Å². The molecule has 0 saturated carbocycles. The molecule has 0 heterocycles. The summed E-state index contributed by atoms with van der Waals surface area (Å²) in [7, 11) is -10.9. The minimum Gasteiger partial charge on any atom is -0.466 e. The largest absolute Gasteiger partial charge is 0.466 e. The van der Waals surface area contributed by atoms with Gasteiger partial charge in [-0.2, -0.15) is 65.9 Å². The Balaban J connectivity index is 8.45. The Morgan fingerprint density at radius 1 is 0.516 bits per heavy atom. The molecule has 0 aliphatic rings. The third-order valence-electron chi connectivity index (χ3n) is 12.6. The van der Waals surface area contributed by atoms with E-state index in [0.29, 0.717) is 0 Å². The smallest absolute Gasteiger partial charge is 0.453 e. The quantitative estimate of drug-likeness (QED) is 0.0257. The Morgan fingerprint density at radius 2 is 0.812 bits per heavy atom. The summed E-state index contributed by atoms with van der Waals surface area (Å²) in [6.45, 7) is 22.3. The third-order valence-corrected chi connectivity index (χ3v) is 29.7. The number of carbonyl (C=O) groups is 1. The first kappa shape index (κ1) is 62.4. The van der Waals surface area contributed by atoms with Crippen molar-refractivity contribution < 1.29 is 88.7 Å². The van der Waals surface area contributed by atoms with E-state index in [9.17, 15) is 70.7 Å². The standard InChI is InChI=1S/C41H69F15O5Si3/c1-15-16-32(59-62(26(2)3,27(4)5)22-19-36(42,43)39(48,49)50)25-34(61-64(30(10)11,31(12)13)24-21-38(46,47)41(54,55)56)33(17-18-35(57)58-14)60-63(28(6)7,29(8)9)23-20-37(44,45)40(51,52)53/h15,17-18,26-34H,1,16,19-25H2,2-14H3/b18-17+/t32-,33+,34+/m0/s1. The van der Waals surface area contributed by atoms with Crippen LogP contribution >= 0.6 is 0 Å². The number of carbonyl (C=O) groups excluding carboxylic acids is 1. The number of ether oxygens (including phenoxy) is 1. The molecule has 3 atom stereocenters. The first-order valence-corrected chi connectivity index (χ1v) is 28.1. The average Bonchev–Trinajstić information content (AvgIpc) is 3.11. The van der Waals surface area contributed by atoms with Crippen molar-refractivity contribution in [1.29, 1.82) is 0 Å². The maximum Gasteiger partial charge on any atom is 0.453 e. The van der Waals surface area contributed by atoms with Crippen LogP contribution in [0.25, 0.3) is 0 Å². The van der Waals surface area contributed by atoms with E-state index in [4.69, 9.17) is 18.0 Å². The summed E-state index contributed by atoms with van der Waals surface area (Å²) in [5.41, 5.74) is -4.25. The molecule has 0 unspecified atom stereocenters. The van der Waals surface area contributed by atoms with Crippen LogP contribution in [0.5, 0.6) is 0 Å². The molecule has 0 aliphatic carbocycles. The molecule has 0 radical (unpaired) electrons. The molecule has 0 aromatic rings. The lowest BCUT2D eigenvalue weighted by atomic mass is 10.0. The normalized spacial score (nSPS) is 16.3. The van der Waals surface area contributed by atoms with Gasteiger partial charge in [-0.3, -0.25) is 0 Å². The van der Waals surface area contributed by atoms with Gasteiger partial charge in [0.05, 0.1) is 25.4 Å². The van der Waals surface area contributed by atoms with Crippen molar-refractivity contribution in [2.45, 2.75) is 221 Å². The molecule has 0 amide bonds. The Bertz CT molecular complexity index is 1440. The third kappa shape index (κ3) is 16.0. The van der Waals surface area contributed by atoms with Gasteiger partial charge in [0.25, 0.3) is 0 Å². The second-order valence-electron chi connectivity index (χ2n) is 18.5. The Kier molecular flexibility index (Phi) is 23.1. The van der Waals surface area contributed by atoms with Gasteiger partial charge in [-0.15, -0.1) is 6.58 Å². The molecule has 380 valence electrons. The highest BCUT2D eigenvalue weighted by molar-refractivity contribution is 6.77. The van der Waals surface area contributed by atoms with Crippen LogP contribution in [0.2, 0.25) is 51.4 Å². The molecule has 0 bridgehead atoms. The molecular weight excluding hydrogens is 942 g/mol. The highest BCUT2D eigenvalue weighted by Crippen LogP contribution is 2.50. The van der Waals surface area contributed by atoms with Crippen LogP contribution in [0.4, 0.5) is 65.9 Å². The number of alkyl halides is 15. The molecule has 0 aromatic heterocycles. The number of hydrogen-bond donors (Lipinski definition) is 0. The van der Waals surface area contributed by atoms with Crippen molar-refractivity contribution in [1.82, 2.24) is 0 Å². The van der Waals surface area contributed by atoms with Gasteiger partial charge in [-0.25, -0.2) is 4.79 Å². The van der Waals surface area contributed by atoms with Crippen LogP contribution in [-0.2, 0) is 22.8 Å².